The Kier molecular flexibility index (Phi) is 9.99. The van der Waals surface area contributed by atoms with Crippen LogP contribution in [-0.4, -0.2) is 106 Å². The molecule has 0 spiro atoms. The van der Waals surface area contributed by atoms with Crippen LogP contribution in [0.25, 0.3) is 16.9 Å². The van der Waals surface area contributed by atoms with Crippen molar-refractivity contribution in [2.45, 2.75) is 45.1 Å². The van der Waals surface area contributed by atoms with Crippen LogP contribution in [-0.2, 0) is 12.8 Å². The molecule has 3 aromatic heterocycles. The van der Waals surface area contributed by atoms with Crippen LogP contribution in [0.3, 0.4) is 0 Å². The van der Waals surface area contributed by atoms with Gasteiger partial charge < -0.3 is 39.8 Å². The van der Waals surface area contributed by atoms with Gasteiger partial charge in [-0.1, -0.05) is 32.0 Å². The lowest BCUT2D eigenvalue weighted by Gasteiger charge is -2.43. The van der Waals surface area contributed by atoms with Crippen LogP contribution in [0.1, 0.15) is 48.2 Å². The van der Waals surface area contributed by atoms with E-state index < -0.39 is 5.60 Å². The highest BCUT2D eigenvalue weighted by Gasteiger charge is 2.35. The van der Waals surface area contributed by atoms with Crippen molar-refractivity contribution in [1.29, 1.82) is 0 Å². The largest absolute Gasteiger partial charge is 0.494 e. The summed E-state index contributed by atoms with van der Waals surface area (Å²) in [6.45, 7) is 10.6. The number of rotatable bonds is 11. The molecular formula is C39H49N9O3. The van der Waals surface area contributed by atoms with Gasteiger partial charge in [0.25, 0.3) is 5.91 Å². The number of anilines is 4. The highest BCUT2D eigenvalue weighted by Crippen LogP contribution is 2.35. The molecule has 12 nitrogen and oxygen atoms in total. The number of aryl methyl sites for hydroxylation is 2. The first-order valence-electron chi connectivity index (χ1n) is 18.0. The Labute approximate surface area is 299 Å². The fraction of sp³-hybridized carbons (Fsp3) is 0.410. The summed E-state index contributed by atoms with van der Waals surface area (Å²) < 4.78 is 7.69. The molecule has 5 heterocycles. The quantitative estimate of drug-likeness (QED) is 0.143. The van der Waals surface area contributed by atoms with Crippen LogP contribution < -0.4 is 20.3 Å². The van der Waals surface area contributed by atoms with Gasteiger partial charge >= 0.3 is 0 Å². The molecule has 0 atom stereocenters. The van der Waals surface area contributed by atoms with E-state index in [1.165, 1.54) is 0 Å². The summed E-state index contributed by atoms with van der Waals surface area (Å²) in [5.74, 6) is 1.53. The Balaban J connectivity index is 1.06. The maximum atomic E-state index is 13.4. The third-order valence-electron chi connectivity index (χ3n) is 10.4. The van der Waals surface area contributed by atoms with E-state index in [1.54, 1.807) is 19.4 Å². The highest BCUT2D eigenvalue weighted by atomic mass is 16.5. The SMILES string of the molecule is CCc1cccc(CC)c1NC(=O)c1ccn(-c2nc(Nc3ccc(N4CCC(O)(CN5CCN(C)CC5)CC4)cc3OC)nc3[nH]ccc23)c1. The number of aromatic amines is 1. The Morgan fingerprint density at radius 3 is 2.43 bits per heavy atom. The van der Waals surface area contributed by atoms with Crippen molar-refractivity contribution in [3.63, 3.8) is 0 Å². The average molecular weight is 692 g/mol. The third kappa shape index (κ3) is 7.44. The number of carbonyl (C=O) groups is 1. The highest BCUT2D eigenvalue weighted by molar-refractivity contribution is 6.05. The number of H-pyrrole nitrogens is 1. The predicted octanol–water partition coefficient (Wildman–Crippen LogP) is 5.46. The van der Waals surface area contributed by atoms with E-state index in [-0.39, 0.29) is 5.91 Å². The number of aliphatic hydroxyl groups is 1. The zero-order valence-corrected chi connectivity index (χ0v) is 30.1. The van der Waals surface area contributed by atoms with Crippen molar-refractivity contribution in [1.82, 2.24) is 29.3 Å². The van der Waals surface area contributed by atoms with E-state index in [2.05, 4.69) is 69.4 Å². The summed E-state index contributed by atoms with van der Waals surface area (Å²) in [6.07, 6.45) is 8.60. The lowest BCUT2D eigenvalue weighted by atomic mass is 9.90. The maximum absolute atomic E-state index is 13.4. The standard InChI is InChI=1S/C39H49N9O3/c1-5-27-8-7-9-28(6-2)34(27)42-37(49)29-13-17-48(25-29)36-31-12-16-40-35(31)43-38(44-36)41-32-11-10-30(24-33(32)51-4)47-18-14-39(50,15-19-47)26-46-22-20-45(3)21-23-46/h7-13,16-17,24-25,50H,5-6,14-15,18-23,26H2,1-4H3,(H,42,49)(H2,40,41,43,44). The molecule has 0 bridgehead atoms. The summed E-state index contributed by atoms with van der Waals surface area (Å²) in [7, 11) is 3.81. The number of piperazine rings is 1. The second kappa shape index (κ2) is 14.7. The number of benzene rings is 2. The summed E-state index contributed by atoms with van der Waals surface area (Å²) in [6, 6.07) is 16.0. The van der Waals surface area contributed by atoms with Crippen LogP contribution in [0.15, 0.2) is 67.1 Å². The van der Waals surface area contributed by atoms with Crippen molar-refractivity contribution >= 4 is 40.0 Å². The predicted molar refractivity (Wildman–Crippen MR) is 203 cm³/mol. The summed E-state index contributed by atoms with van der Waals surface area (Å²) in [5.41, 5.74) is 5.45. The number of hydrogen-bond donors (Lipinski definition) is 4. The number of hydrogen-bond acceptors (Lipinski definition) is 9. The number of fused-ring (bicyclic) bond motifs is 1. The fourth-order valence-corrected chi connectivity index (χ4v) is 7.29. The molecule has 2 aromatic carbocycles. The van der Waals surface area contributed by atoms with Gasteiger partial charge in [0.05, 0.1) is 29.3 Å². The van der Waals surface area contributed by atoms with E-state index in [9.17, 15) is 9.90 Å². The number of para-hydroxylation sites is 1. The third-order valence-corrected chi connectivity index (χ3v) is 10.4. The number of likely N-dealkylation sites (N-methyl/N-ethyl adjacent to an activating group) is 1. The molecule has 51 heavy (non-hydrogen) atoms. The number of methoxy groups -OCH3 is 1. The number of ether oxygens (including phenoxy) is 1. The number of β-amino-alcohol motifs (C(OH)–C–C–N with tert-alkyl or cyclic N) is 1. The minimum Gasteiger partial charge on any atom is -0.494 e. The van der Waals surface area contributed by atoms with Crippen LogP contribution in [0.4, 0.5) is 23.0 Å². The van der Waals surface area contributed by atoms with Gasteiger partial charge in [0.2, 0.25) is 5.95 Å². The van der Waals surface area contributed by atoms with Crippen LogP contribution in [0.2, 0.25) is 0 Å². The van der Waals surface area contributed by atoms with Gasteiger partial charge in [-0.25, -0.2) is 0 Å². The van der Waals surface area contributed by atoms with Crippen LogP contribution >= 0.6 is 0 Å². The number of nitrogens with zero attached hydrogens (tertiary/aromatic N) is 6. The van der Waals surface area contributed by atoms with Gasteiger partial charge in [0.15, 0.2) is 5.82 Å². The first kappa shape index (κ1) is 34.5. The normalized spacial score (nSPS) is 16.8. The molecule has 4 N–H and O–H groups in total. The summed E-state index contributed by atoms with van der Waals surface area (Å²) in [4.78, 5) is 33.3. The maximum Gasteiger partial charge on any atom is 0.257 e. The monoisotopic (exact) mass is 691 g/mol. The van der Waals surface area contributed by atoms with Gasteiger partial charge in [-0.15, -0.1) is 0 Å². The number of carbonyl (C=O) groups excluding carboxylic acids is 1. The summed E-state index contributed by atoms with van der Waals surface area (Å²) >= 11 is 0. The van der Waals surface area contributed by atoms with Crippen molar-refractivity contribution in [2.75, 3.05) is 75.5 Å². The minimum absolute atomic E-state index is 0.166. The number of aromatic nitrogens is 4. The molecule has 12 heteroatoms. The molecule has 0 saturated carbocycles. The van der Waals surface area contributed by atoms with Crippen molar-refractivity contribution < 1.29 is 14.6 Å². The van der Waals surface area contributed by atoms with E-state index in [4.69, 9.17) is 14.7 Å². The molecule has 268 valence electrons. The van der Waals surface area contributed by atoms with Crippen molar-refractivity contribution in [2.24, 2.45) is 0 Å². The summed E-state index contributed by atoms with van der Waals surface area (Å²) in [5, 5.41) is 18.8. The Morgan fingerprint density at radius 1 is 0.980 bits per heavy atom. The molecule has 0 radical (unpaired) electrons. The second-order valence-corrected chi connectivity index (χ2v) is 13.8. The second-order valence-electron chi connectivity index (χ2n) is 13.8. The molecule has 5 aromatic rings. The first-order valence-corrected chi connectivity index (χ1v) is 18.0. The van der Waals surface area contributed by atoms with E-state index in [0.29, 0.717) is 28.7 Å². The van der Waals surface area contributed by atoms with Crippen LogP contribution in [0.5, 0.6) is 5.75 Å². The van der Waals surface area contributed by atoms with Gasteiger partial charge in [-0.3, -0.25) is 9.69 Å². The van der Waals surface area contributed by atoms with Crippen LogP contribution in [0, 0.1) is 0 Å². The fourth-order valence-electron chi connectivity index (χ4n) is 7.29. The molecular weight excluding hydrogens is 642 g/mol. The van der Waals surface area contributed by atoms with Crippen molar-refractivity contribution in [3.05, 3.63) is 83.8 Å². The number of amides is 1. The first-order chi connectivity index (χ1) is 24.8. The van der Waals surface area contributed by atoms with Gasteiger partial charge in [0.1, 0.15) is 11.4 Å². The van der Waals surface area contributed by atoms with Gasteiger partial charge in [0, 0.05) is 81.8 Å². The average Bonchev–Trinajstić information content (AvgIpc) is 3.84. The lowest BCUT2D eigenvalue weighted by molar-refractivity contribution is -0.0250. The Bertz CT molecular complexity index is 1960. The number of nitrogens with one attached hydrogen (secondary N) is 3. The van der Waals surface area contributed by atoms with E-state index in [1.807, 2.05) is 41.2 Å². The smallest absolute Gasteiger partial charge is 0.257 e. The minimum atomic E-state index is -0.660. The molecule has 0 aliphatic carbocycles. The Hall–Kier alpha value is -4.91. The zero-order chi connectivity index (χ0) is 35.5. The molecule has 7 rings (SSSR count). The molecule has 2 fully saturated rings. The molecule has 2 aliphatic rings. The molecule has 0 unspecified atom stereocenters. The molecule has 2 aliphatic heterocycles. The van der Waals surface area contributed by atoms with Gasteiger partial charge in [-0.05, 0) is 68.1 Å². The Morgan fingerprint density at radius 2 is 1.73 bits per heavy atom. The topological polar surface area (TPSA) is 127 Å². The van der Waals surface area contributed by atoms with Crippen molar-refractivity contribution in [3.8, 4) is 11.6 Å². The van der Waals surface area contributed by atoms with E-state index in [0.717, 1.165) is 105 Å². The zero-order valence-electron chi connectivity index (χ0n) is 30.1. The van der Waals surface area contributed by atoms with E-state index >= 15 is 0 Å². The van der Waals surface area contributed by atoms with Gasteiger partial charge in [-0.2, -0.15) is 9.97 Å². The molecule has 2 saturated heterocycles. The number of piperidine rings is 1. The lowest BCUT2D eigenvalue weighted by Crippen LogP contribution is -2.54. The molecule has 1 amide bonds.